The first-order valence-corrected chi connectivity index (χ1v) is 5.62. The Morgan fingerprint density at radius 1 is 1.69 bits per heavy atom. The van der Waals surface area contributed by atoms with Gasteiger partial charge in [0.15, 0.2) is 0 Å². The molecule has 0 aromatic rings. The number of hydrogen-bond donors (Lipinski definition) is 0. The van der Waals surface area contributed by atoms with Crippen LogP contribution >= 0.6 is 0 Å². The second-order valence-corrected chi connectivity index (χ2v) is 3.99. The van der Waals surface area contributed by atoms with Gasteiger partial charge in [-0.25, -0.2) is 0 Å². The minimum absolute atomic E-state index is 0.114. The third-order valence-corrected chi connectivity index (χ3v) is 2.95. The largest absolute Gasteiger partial charge is 0.465 e. The van der Waals surface area contributed by atoms with Gasteiger partial charge in [-0.1, -0.05) is 0 Å². The van der Waals surface area contributed by atoms with Gasteiger partial charge in [-0.15, -0.1) is 0 Å². The number of rotatable bonds is 2. The molecule has 0 bridgehead atoms. The summed E-state index contributed by atoms with van der Waals surface area (Å²) in [6.07, 6.45) is 9.79. The van der Waals surface area contributed by atoms with Crippen molar-refractivity contribution >= 4 is 5.97 Å². The molecule has 0 spiro atoms. The molecule has 1 aliphatic carbocycles. The van der Waals surface area contributed by atoms with Gasteiger partial charge < -0.3 is 9.64 Å². The topological polar surface area (TPSA) is 29.5 Å². The fraction of sp³-hybridized carbons (Fsp3) is 0.462. The highest BCUT2D eigenvalue weighted by Gasteiger charge is 2.38. The molecular weight excluding hydrogens is 202 g/mol. The minimum Gasteiger partial charge on any atom is -0.465 e. The van der Waals surface area contributed by atoms with Crippen LogP contribution in [0.15, 0.2) is 29.5 Å². The maximum atomic E-state index is 11.8. The molecule has 0 N–H and O–H groups in total. The van der Waals surface area contributed by atoms with Gasteiger partial charge in [-0.3, -0.25) is 4.79 Å². The van der Waals surface area contributed by atoms with E-state index >= 15 is 0 Å². The zero-order chi connectivity index (χ0) is 11.5. The molecule has 2 aliphatic rings. The second kappa shape index (κ2) is 4.50. The highest BCUT2D eigenvalue weighted by molar-refractivity contribution is 5.78. The van der Waals surface area contributed by atoms with Crippen LogP contribution in [-0.4, -0.2) is 31.1 Å². The molecule has 1 heterocycles. The Morgan fingerprint density at radius 2 is 2.50 bits per heavy atom. The fourth-order valence-electron chi connectivity index (χ4n) is 2.13. The van der Waals surface area contributed by atoms with Gasteiger partial charge in [0.25, 0.3) is 0 Å². The first-order chi connectivity index (χ1) is 7.74. The van der Waals surface area contributed by atoms with E-state index in [1.807, 2.05) is 32.2 Å². The Hall–Kier alpha value is -1.60. The molecule has 2 rings (SSSR count). The Bertz CT molecular complexity index is 379. The monoisotopic (exact) mass is 218 g/mol. The normalized spacial score (nSPS) is 22.9. The van der Waals surface area contributed by atoms with Gasteiger partial charge in [0, 0.05) is 19.7 Å². The molecule has 0 saturated carbocycles. The van der Waals surface area contributed by atoms with Crippen molar-refractivity contribution in [3.05, 3.63) is 35.6 Å². The van der Waals surface area contributed by atoms with E-state index in [2.05, 4.69) is 11.0 Å². The summed E-state index contributed by atoms with van der Waals surface area (Å²) >= 11 is 0. The van der Waals surface area contributed by atoms with E-state index in [0.29, 0.717) is 6.61 Å². The summed E-state index contributed by atoms with van der Waals surface area (Å²) in [6, 6.07) is 0. The Labute approximate surface area is 96.1 Å². The van der Waals surface area contributed by atoms with Crippen LogP contribution in [0.1, 0.15) is 13.3 Å². The highest BCUT2D eigenvalue weighted by Crippen LogP contribution is 2.32. The number of hydrogen-bond acceptors (Lipinski definition) is 3. The summed E-state index contributed by atoms with van der Waals surface area (Å²) in [4.78, 5) is 13.9. The van der Waals surface area contributed by atoms with E-state index in [4.69, 9.17) is 4.74 Å². The molecule has 0 amide bonds. The van der Waals surface area contributed by atoms with Crippen LogP contribution in [0, 0.1) is 12.0 Å². The molecule has 1 fully saturated rings. The lowest BCUT2D eigenvalue weighted by Gasteiger charge is -2.29. The number of piperidine rings is 1. The molecule has 3 heteroatoms. The van der Waals surface area contributed by atoms with Crippen LogP contribution in [0.5, 0.6) is 0 Å². The summed E-state index contributed by atoms with van der Waals surface area (Å²) in [5, 5.41) is 0. The van der Waals surface area contributed by atoms with Gasteiger partial charge in [0.1, 0.15) is 17.6 Å². The summed E-state index contributed by atoms with van der Waals surface area (Å²) in [5.74, 6) is -0.236. The minimum atomic E-state index is -0.122. The van der Waals surface area contributed by atoms with E-state index in [-0.39, 0.29) is 11.9 Å². The quantitative estimate of drug-likeness (QED) is 0.521. The molecule has 16 heavy (non-hydrogen) atoms. The SMILES string of the molecule is CCOC(=O)[C@@H]1CCN(C)C2=[C+]C=CC=C21. The average molecular weight is 218 g/mol. The van der Waals surface area contributed by atoms with Crippen LogP contribution < -0.4 is 0 Å². The maximum Gasteiger partial charge on any atom is 0.326 e. The van der Waals surface area contributed by atoms with Crippen molar-refractivity contribution in [3.63, 3.8) is 0 Å². The predicted molar refractivity (Wildman–Crippen MR) is 61.3 cm³/mol. The molecule has 1 saturated heterocycles. The highest BCUT2D eigenvalue weighted by atomic mass is 16.5. The number of allylic oxidation sites excluding steroid dienone is 5. The Balaban J connectivity index is 2.23. The van der Waals surface area contributed by atoms with E-state index in [0.717, 1.165) is 24.2 Å². The number of fused-ring (bicyclic) bond motifs is 1. The predicted octanol–water partition coefficient (Wildman–Crippen LogP) is 1.68. The second-order valence-electron chi connectivity index (χ2n) is 3.99. The standard InChI is InChI=1S/C13H16NO2/c1-3-16-13(15)11-8-9-14(2)12-7-5-4-6-10(11)12/h4-6,11H,3,8-9H2,1-2H3/q+1/t11-/m1/s1. The van der Waals surface area contributed by atoms with Crippen LogP contribution in [0.4, 0.5) is 0 Å². The van der Waals surface area contributed by atoms with Gasteiger partial charge in [0.2, 0.25) is 5.70 Å². The van der Waals surface area contributed by atoms with E-state index in [1.165, 1.54) is 0 Å². The molecule has 1 aliphatic heterocycles. The van der Waals surface area contributed by atoms with Crippen molar-refractivity contribution in [1.29, 1.82) is 0 Å². The lowest BCUT2D eigenvalue weighted by atomic mass is 9.86. The summed E-state index contributed by atoms with van der Waals surface area (Å²) in [6.45, 7) is 3.15. The van der Waals surface area contributed by atoms with Crippen LogP contribution in [0.25, 0.3) is 0 Å². The number of nitrogens with zero attached hydrogens (tertiary/aromatic N) is 1. The van der Waals surface area contributed by atoms with Crippen LogP contribution in [-0.2, 0) is 9.53 Å². The number of carbonyl (C=O) groups excluding carboxylic acids is 1. The van der Waals surface area contributed by atoms with Gasteiger partial charge in [-0.2, -0.15) is 0 Å². The molecule has 0 aromatic carbocycles. The molecule has 0 unspecified atom stereocenters. The zero-order valence-corrected chi connectivity index (χ0v) is 9.69. The summed E-state index contributed by atoms with van der Waals surface area (Å²) in [5.41, 5.74) is 2.06. The average Bonchev–Trinajstić information content (AvgIpc) is 2.30. The molecule has 0 aromatic heterocycles. The van der Waals surface area contributed by atoms with Crippen molar-refractivity contribution in [2.24, 2.45) is 5.92 Å². The van der Waals surface area contributed by atoms with Gasteiger partial charge >= 0.3 is 5.97 Å². The van der Waals surface area contributed by atoms with E-state index in [1.54, 1.807) is 0 Å². The third-order valence-electron chi connectivity index (χ3n) is 2.95. The first kappa shape index (κ1) is 10.9. The van der Waals surface area contributed by atoms with Gasteiger partial charge in [-0.05, 0) is 13.3 Å². The maximum absolute atomic E-state index is 11.8. The zero-order valence-electron chi connectivity index (χ0n) is 9.69. The molecule has 1 atom stereocenters. The summed E-state index contributed by atoms with van der Waals surface area (Å²) in [7, 11) is 2.02. The molecule has 84 valence electrons. The molecule has 3 nitrogen and oxygen atoms in total. The smallest absolute Gasteiger partial charge is 0.326 e. The Kier molecular flexibility index (Phi) is 3.07. The van der Waals surface area contributed by atoms with Crippen molar-refractivity contribution < 1.29 is 9.53 Å². The number of carbonyl (C=O) groups is 1. The van der Waals surface area contributed by atoms with Crippen molar-refractivity contribution in [2.75, 3.05) is 20.2 Å². The first-order valence-electron chi connectivity index (χ1n) is 5.62. The lowest BCUT2D eigenvalue weighted by Crippen LogP contribution is -2.35. The lowest BCUT2D eigenvalue weighted by molar-refractivity contribution is -0.147. The number of esters is 1. The molecular formula is C13H16NO2+. The molecule has 0 radical (unpaired) electrons. The number of ether oxygens (including phenoxy) is 1. The van der Waals surface area contributed by atoms with E-state index < -0.39 is 0 Å². The fourth-order valence-corrected chi connectivity index (χ4v) is 2.13. The van der Waals surface area contributed by atoms with Gasteiger partial charge in [0.05, 0.1) is 18.8 Å². The number of likely N-dealkylation sites (tertiary alicyclic amines) is 1. The van der Waals surface area contributed by atoms with Crippen molar-refractivity contribution in [1.82, 2.24) is 4.90 Å². The van der Waals surface area contributed by atoms with Crippen LogP contribution in [0.2, 0.25) is 0 Å². The number of likely N-dealkylation sites (N-methyl/N-ethyl adjacent to an activating group) is 1. The van der Waals surface area contributed by atoms with Crippen molar-refractivity contribution in [2.45, 2.75) is 13.3 Å². The summed E-state index contributed by atoms with van der Waals surface area (Å²) < 4.78 is 5.10. The van der Waals surface area contributed by atoms with Crippen LogP contribution in [0.3, 0.4) is 0 Å². The van der Waals surface area contributed by atoms with E-state index in [9.17, 15) is 4.79 Å². The third kappa shape index (κ3) is 1.86. The van der Waals surface area contributed by atoms with Crippen molar-refractivity contribution in [3.8, 4) is 0 Å². The Morgan fingerprint density at radius 3 is 3.25 bits per heavy atom.